The summed E-state index contributed by atoms with van der Waals surface area (Å²) in [6.07, 6.45) is -2.47. The van der Waals surface area contributed by atoms with Crippen LogP contribution in [0.3, 0.4) is 0 Å². The SMILES string of the molecule is COc1ccc(CCNC(=O)C(=O)c2cn(Cc3cccc(C(F)(F)F)c3)c3ccccc23)cc1OC. The number of carbonyl (C=O) groups is 2. The second kappa shape index (κ2) is 10.8. The highest BCUT2D eigenvalue weighted by Gasteiger charge is 2.30. The summed E-state index contributed by atoms with van der Waals surface area (Å²) < 4.78 is 51.6. The lowest BCUT2D eigenvalue weighted by Crippen LogP contribution is -2.32. The number of nitrogens with one attached hydrogen (secondary N) is 1. The first-order chi connectivity index (χ1) is 17.7. The van der Waals surface area contributed by atoms with Crippen LogP contribution in [-0.2, 0) is 23.9 Å². The number of Topliss-reactive ketones (excluding diaryl/α,β-unsaturated/α-hetero) is 1. The number of aromatic nitrogens is 1. The van der Waals surface area contributed by atoms with Gasteiger partial charge in [0, 0.05) is 30.2 Å². The van der Waals surface area contributed by atoms with Crippen LogP contribution in [-0.4, -0.2) is 37.0 Å². The van der Waals surface area contributed by atoms with Gasteiger partial charge in [-0.05, 0) is 47.9 Å². The molecule has 0 spiro atoms. The van der Waals surface area contributed by atoms with Crippen LogP contribution < -0.4 is 14.8 Å². The molecular formula is C28H25F3N2O4. The van der Waals surface area contributed by atoms with Crippen molar-refractivity contribution in [2.45, 2.75) is 19.1 Å². The molecule has 0 saturated heterocycles. The number of nitrogens with zero attached hydrogens (tertiary/aromatic N) is 1. The molecule has 1 amide bonds. The molecule has 0 aliphatic rings. The zero-order valence-electron chi connectivity index (χ0n) is 20.3. The first-order valence-corrected chi connectivity index (χ1v) is 11.5. The second-order valence-corrected chi connectivity index (χ2v) is 8.41. The monoisotopic (exact) mass is 510 g/mol. The van der Waals surface area contributed by atoms with E-state index >= 15 is 0 Å². The predicted octanol–water partition coefficient (Wildman–Crippen LogP) is 5.27. The molecule has 4 aromatic rings. The van der Waals surface area contributed by atoms with Crippen molar-refractivity contribution in [2.24, 2.45) is 0 Å². The highest BCUT2D eigenvalue weighted by atomic mass is 19.4. The Balaban J connectivity index is 1.49. The van der Waals surface area contributed by atoms with E-state index in [1.165, 1.54) is 19.4 Å². The van der Waals surface area contributed by atoms with Crippen LogP contribution in [0.1, 0.15) is 27.0 Å². The first kappa shape index (κ1) is 25.8. The normalized spacial score (nSPS) is 11.4. The minimum Gasteiger partial charge on any atom is -0.493 e. The van der Waals surface area contributed by atoms with Crippen molar-refractivity contribution in [1.29, 1.82) is 0 Å². The van der Waals surface area contributed by atoms with Crippen LogP contribution in [0, 0.1) is 0 Å². The fourth-order valence-corrected chi connectivity index (χ4v) is 4.16. The number of rotatable bonds is 9. The van der Waals surface area contributed by atoms with E-state index in [1.807, 2.05) is 6.07 Å². The summed E-state index contributed by atoms with van der Waals surface area (Å²) >= 11 is 0. The number of carbonyl (C=O) groups excluding carboxylic acids is 2. The summed E-state index contributed by atoms with van der Waals surface area (Å²) in [5, 5.41) is 3.20. The van der Waals surface area contributed by atoms with Crippen molar-refractivity contribution in [3.63, 3.8) is 0 Å². The summed E-state index contributed by atoms with van der Waals surface area (Å²) in [5.74, 6) is -0.322. The molecule has 4 rings (SSSR count). The molecule has 1 aromatic heterocycles. The lowest BCUT2D eigenvalue weighted by Gasteiger charge is -2.10. The third-order valence-electron chi connectivity index (χ3n) is 5.99. The van der Waals surface area contributed by atoms with Gasteiger partial charge in [-0.2, -0.15) is 13.2 Å². The molecule has 192 valence electrons. The summed E-state index contributed by atoms with van der Waals surface area (Å²) in [6.45, 7) is 0.335. The highest BCUT2D eigenvalue weighted by Crippen LogP contribution is 2.30. The molecule has 0 saturated carbocycles. The lowest BCUT2D eigenvalue weighted by atomic mass is 10.1. The van der Waals surface area contributed by atoms with Crippen LogP contribution in [0.5, 0.6) is 11.5 Å². The molecule has 1 heterocycles. The smallest absolute Gasteiger partial charge is 0.416 e. The molecule has 0 aliphatic carbocycles. The Kier molecular flexibility index (Phi) is 7.52. The van der Waals surface area contributed by atoms with Gasteiger partial charge >= 0.3 is 6.18 Å². The second-order valence-electron chi connectivity index (χ2n) is 8.41. The number of ketones is 1. The first-order valence-electron chi connectivity index (χ1n) is 11.5. The van der Waals surface area contributed by atoms with Gasteiger partial charge in [0.15, 0.2) is 11.5 Å². The van der Waals surface area contributed by atoms with Crippen molar-refractivity contribution in [2.75, 3.05) is 20.8 Å². The van der Waals surface area contributed by atoms with Crippen molar-refractivity contribution in [1.82, 2.24) is 9.88 Å². The van der Waals surface area contributed by atoms with Gasteiger partial charge in [-0.1, -0.05) is 36.4 Å². The molecule has 0 radical (unpaired) electrons. The van der Waals surface area contributed by atoms with Gasteiger partial charge in [-0.15, -0.1) is 0 Å². The molecule has 0 aliphatic heterocycles. The van der Waals surface area contributed by atoms with Gasteiger partial charge < -0.3 is 19.4 Å². The van der Waals surface area contributed by atoms with Gasteiger partial charge in [-0.3, -0.25) is 9.59 Å². The van der Waals surface area contributed by atoms with Gasteiger partial charge in [0.2, 0.25) is 0 Å². The molecule has 0 bridgehead atoms. The summed E-state index contributed by atoms with van der Waals surface area (Å²) in [6, 6.07) is 17.4. The number of halogens is 3. The number of para-hydroxylation sites is 1. The third kappa shape index (κ3) is 5.77. The number of amides is 1. The zero-order chi connectivity index (χ0) is 26.6. The number of ether oxygens (including phenoxy) is 2. The Bertz CT molecular complexity index is 1440. The van der Waals surface area contributed by atoms with Crippen molar-refractivity contribution >= 4 is 22.6 Å². The molecule has 6 nitrogen and oxygen atoms in total. The largest absolute Gasteiger partial charge is 0.493 e. The Labute approximate surface area is 211 Å². The standard InChI is InChI=1S/C28H25F3N2O4/c1-36-24-11-10-18(15-25(24)37-2)12-13-32-27(35)26(34)22-17-33(23-9-4-3-8-21(22)23)16-19-6-5-7-20(14-19)28(29,30)31/h3-11,14-15,17H,12-13,16H2,1-2H3,(H,32,35). The lowest BCUT2D eigenvalue weighted by molar-refractivity contribution is -0.137. The Hall–Kier alpha value is -4.27. The van der Waals surface area contributed by atoms with Crippen molar-refractivity contribution < 1.29 is 32.2 Å². The topological polar surface area (TPSA) is 69.6 Å². The van der Waals surface area contributed by atoms with Crippen LogP contribution in [0.4, 0.5) is 13.2 Å². The molecule has 9 heteroatoms. The quantitative estimate of drug-likeness (QED) is 0.246. The van der Waals surface area contributed by atoms with E-state index in [0.717, 1.165) is 17.7 Å². The van der Waals surface area contributed by atoms with Crippen LogP contribution in [0.25, 0.3) is 10.9 Å². The maximum atomic E-state index is 13.1. The number of hydrogen-bond donors (Lipinski definition) is 1. The van der Waals surface area contributed by atoms with Crippen LogP contribution in [0.2, 0.25) is 0 Å². The average molecular weight is 511 g/mol. The van der Waals surface area contributed by atoms with E-state index in [2.05, 4.69) is 5.32 Å². The molecule has 3 aromatic carbocycles. The van der Waals surface area contributed by atoms with Gasteiger partial charge in [0.25, 0.3) is 11.7 Å². The molecule has 1 N–H and O–H groups in total. The fraction of sp³-hybridized carbons (Fsp3) is 0.214. The fourth-order valence-electron chi connectivity index (χ4n) is 4.16. The minimum atomic E-state index is -4.45. The van der Waals surface area contributed by atoms with E-state index in [1.54, 1.807) is 54.1 Å². The van der Waals surface area contributed by atoms with Crippen LogP contribution >= 0.6 is 0 Å². The number of alkyl halides is 3. The van der Waals surface area contributed by atoms with E-state index in [4.69, 9.17) is 9.47 Å². The molecule has 37 heavy (non-hydrogen) atoms. The van der Waals surface area contributed by atoms with Gasteiger partial charge in [-0.25, -0.2) is 0 Å². The Morgan fingerprint density at radius 2 is 1.65 bits per heavy atom. The maximum absolute atomic E-state index is 13.1. The number of fused-ring (bicyclic) bond motifs is 1. The van der Waals surface area contributed by atoms with E-state index in [-0.39, 0.29) is 18.7 Å². The van der Waals surface area contributed by atoms with Crippen LogP contribution in [0.15, 0.2) is 72.9 Å². The third-order valence-corrected chi connectivity index (χ3v) is 5.99. The Morgan fingerprint density at radius 3 is 2.38 bits per heavy atom. The van der Waals surface area contributed by atoms with Crippen molar-refractivity contribution in [3.8, 4) is 11.5 Å². The number of benzene rings is 3. The van der Waals surface area contributed by atoms with E-state index < -0.39 is 23.4 Å². The summed E-state index contributed by atoms with van der Waals surface area (Å²) in [7, 11) is 3.07. The zero-order valence-corrected chi connectivity index (χ0v) is 20.3. The molecular weight excluding hydrogens is 485 g/mol. The molecule has 0 unspecified atom stereocenters. The van der Waals surface area contributed by atoms with E-state index in [0.29, 0.717) is 34.4 Å². The van der Waals surface area contributed by atoms with Gasteiger partial charge in [0.1, 0.15) is 0 Å². The minimum absolute atomic E-state index is 0.110. The van der Waals surface area contributed by atoms with Gasteiger partial charge in [0.05, 0.1) is 25.3 Å². The highest BCUT2D eigenvalue weighted by molar-refractivity contribution is 6.45. The summed E-state index contributed by atoms with van der Waals surface area (Å²) in [4.78, 5) is 25.7. The molecule has 0 fully saturated rings. The molecule has 0 atom stereocenters. The van der Waals surface area contributed by atoms with Crippen molar-refractivity contribution in [3.05, 3.63) is 95.2 Å². The Morgan fingerprint density at radius 1 is 0.892 bits per heavy atom. The number of hydrogen-bond acceptors (Lipinski definition) is 4. The van der Waals surface area contributed by atoms with E-state index in [9.17, 15) is 22.8 Å². The number of methoxy groups -OCH3 is 2. The predicted molar refractivity (Wildman–Crippen MR) is 133 cm³/mol. The maximum Gasteiger partial charge on any atom is 0.416 e. The average Bonchev–Trinajstić information content (AvgIpc) is 3.26. The summed E-state index contributed by atoms with van der Waals surface area (Å²) in [5.41, 5.74) is 1.40.